The fourth-order valence-corrected chi connectivity index (χ4v) is 2.62. The number of carbonyl (C=O) groups is 2. The third-order valence-corrected chi connectivity index (χ3v) is 3.89. The SMILES string of the molecule is COCc1ccc(C(=O)OCC(=O)Nc2ccc(C)cc2Br)cc1. The highest BCUT2D eigenvalue weighted by Crippen LogP contribution is 2.23. The van der Waals surface area contributed by atoms with Crippen molar-refractivity contribution in [2.45, 2.75) is 13.5 Å². The van der Waals surface area contributed by atoms with Crippen LogP contribution in [0.15, 0.2) is 46.9 Å². The first-order chi connectivity index (χ1) is 11.5. The number of nitrogens with one attached hydrogen (secondary N) is 1. The maximum absolute atomic E-state index is 11.9. The van der Waals surface area contributed by atoms with Crippen molar-refractivity contribution in [1.82, 2.24) is 0 Å². The van der Waals surface area contributed by atoms with Crippen LogP contribution in [0, 0.1) is 6.92 Å². The van der Waals surface area contributed by atoms with E-state index in [1.807, 2.05) is 19.1 Å². The lowest BCUT2D eigenvalue weighted by Crippen LogP contribution is -2.21. The fraction of sp³-hybridized carbons (Fsp3) is 0.222. The molecule has 0 saturated heterocycles. The average molecular weight is 392 g/mol. The molecule has 2 aromatic carbocycles. The second-order valence-electron chi connectivity index (χ2n) is 5.24. The average Bonchev–Trinajstić information content (AvgIpc) is 2.56. The molecule has 0 bridgehead atoms. The number of ether oxygens (including phenoxy) is 2. The quantitative estimate of drug-likeness (QED) is 0.762. The zero-order valence-electron chi connectivity index (χ0n) is 13.5. The second-order valence-corrected chi connectivity index (χ2v) is 6.09. The predicted octanol–water partition coefficient (Wildman–Crippen LogP) is 3.70. The van der Waals surface area contributed by atoms with Crippen molar-refractivity contribution in [3.63, 3.8) is 0 Å². The largest absolute Gasteiger partial charge is 0.452 e. The Morgan fingerprint density at radius 1 is 1.12 bits per heavy atom. The van der Waals surface area contributed by atoms with Crippen LogP contribution in [0.3, 0.4) is 0 Å². The number of halogens is 1. The van der Waals surface area contributed by atoms with Crippen molar-refractivity contribution in [1.29, 1.82) is 0 Å². The summed E-state index contributed by atoms with van der Waals surface area (Å²) < 4.78 is 10.8. The number of aryl methyl sites for hydroxylation is 1. The number of hydrogen-bond acceptors (Lipinski definition) is 4. The molecule has 126 valence electrons. The molecule has 0 spiro atoms. The summed E-state index contributed by atoms with van der Waals surface area (Å²) >= 11 is 3.38. The van der Waals surface area contributed by atoms with Crippen LogP contribution in [-0.4, -0.2) is 25.6 Å². The monoisotopic (exact) mass is 391 g/mol. The molecule has 2 aromatic rings. The Balaban J connectivity index is 1.87. The zero-order valence-corrected chi connectivity index (χ0v) is 15.1. The minimum absolute atomic E-state index is 0.348. The van der Waals surface area contributed by atoms with Crippen molar-refractivity contribution >= 4 is 33.5 Å². The van der Waals surface area contributed by atoms with Gasteiger partial charge in [0.15, 0.2) is 6.61 Å². The normalized spacial score (nSPS) is 10.3. The number of carbonyl (C=O) groups excluding carboxylic acids is 2. The predicted molar refractivity (Wildman–Crippen MR) is 94.9 cm³/mol. The lowest BCUT2D eigenvalue weighted by Gasteiger charge is -2.09. The Hall–Kier alpha value is -2.18. The van der Waals surface area contributed by atoms with Gasteiger partial charge in [-0.2, -0.15) is 0 Å². The van der Waals surface area contributed by atoms with E-state index >= 15 is 0 Å². The van der Waals surface area contributed by atoms with E-state index in [1.165, 1.54) is 0 Å². The summed E-state index contributed by atoms with van der Waals surface area (Å²) in [6, 6.07) is 12.4. The Kier molecular flexibility index (Phi) is 6.52. The number of hydrogen-bond donors (Lipinski definition) is 1. The highest BCUT2D eigenvalue weighted by Gasteiger charge is 2.11. The molecule has 0 aromatic heterocycles. The van der Waals surface area contributed by atoms with Crippen LogP contribution in [0.2, 0.25) is 0 Å². The molecule has 0 radical (unpaired) electrons. The number of anilines is 1. The molecule has 0 unspecified atom stereocenters. The van der Waals surface area contributed by atoms with Crippen LogP contribution < -0.4 is 5.32 Å². The van der Waals surface area contributed by atoms with Crippen LogP contribution >= 0.6 is 15.9 Å². The minimum Gasteiger partial charge on any atom is -0.452 e. The summed E-state index contributed by atoms with van der Waals surface area (Å²) in [6.07, 6.45) is 0. The van der Waals surface area contributed by atoms with Gasteiger partial charge in [-0.1, -0.05) is 18.2 Å². The van der Waals surface area contributed by atoms with Gasteiger partial charge in [0.1, 0.15) is 0 Å². The van der Waals surface area contributed by atoms with Gasteiger partial charge in [-0.15, -0.1) is 0 Å². The molecule has 1 N–H and O–H groups in total. The standard InChI is InChI=1S/C18H18BrNO4/c1-12-3-8-16(15(19)9-12)20-17(21)11-24-18(22)14-6-4-13(5-7-14)10-23-2/h3-9H,10-11H2,1-2H3,(H,20,21). The van der Waals surface area contributed by atoms with Crippen LogP contribution in [0.25, 0.3) is 0 Å². The number of rotatable bonds is 6. The van der Waals surface area contributed by atoms with E-state index in [-0.39, 0.29) is 6.61 Å². The van der Waals surface area contributed by atoms with Gasteiger partial charge in [0, 0.05) is 11.6 Å². The van der Waals surface area contributed by atoms with Crippen molar-refractivity contribution in [2.24, 2.45) is 0 Å². The van der Waals surface area contributed by atoms with Gasteiger partial charge in [-0.3, -0.25) is 4.79 Å². The van der Waals surface area contributed by atoms with Gasteiger partial charge in [-0.25, -0.2) is 4.79 Å². The molecule has 0 aliphatic heterocycles. The van der Waals surface area contributed by atoms with Gasteiger partial charge in [0.25, 0.3) is 5.91 Å². The number of methoxy groups -OCH3 is 1. The Labute approximate surface area is 149 Å². The number of esters is 1. The third-order valence-electron chi connectivity index (χ3n) is 3.23. The van der Waals surface area contributed by atoms with Gasteiger partial charge < -0.3 is 14.8 Å². The lowest BCUT2D eigenvalue weighted by molar-refractivity contribution is -0.119. The Morgan fingerprint density at radius 2 is 1.83 bits per heavy atom. The topological polar surface area (TPSA) is 64.6 Å². The van der Waals surface area contributed by atoms with Crippen LogP contribution in [0.5, 0.6) is 0 Å². The Bertz CT molecular complexity index is 728. The molecule has 24 heavy (non-hydrogen) atoms. The summed E-state index contributed by atoms with van der Waals surface area (Å²) in [6.45, 7) is 2.08. The molecule has 0 saturated carbocycles. The summed E-state index contributed by atoms with van der Waals surface area (Å²) in [5.74, 6) is -0.944. The molecule has 0 fully saturated rings. The summed E-state index contributed by atoms with van der Waals surface area (Å²) in [4.78, 5) is 23.8. The summed E-state index contributed by atoms with van der Waals surface area (Å²) in [5, 5.41) is 2.69. The second kappa shape index (κ2) is 8.61. The first-order valence-corrected chi connectivity index (χ1v) is 8.10. The molecule has 0 aliphatic rings. The maximum atomic E-state index is 11.9. The number of benzene rings is 2. The molecular weight excluding hydrogens is 374 g/mol. The lowest BCUT2D eigenvalue weighted by atomic mass is 10.1. The van der Waals surface area contributed by atoms with E-state index in [2.05, 4.69) is 21.2 Å². The van der Waals surface area contributed by atoms with Crippen LogP contribution in [-0.2, 0) is 20.9 Å². The molecule has 0 atom stereocenters. The molecule has 5 nitrogen and oxygen atoms in total. The van der Waals surface area contributed by atoms with Gasteiger partial charge in [-0.05, 0) is 58.2 Å². The van der Waals surface area contributed by atoms with Gasteiger partial charge in [0.05, 0.1) is 17.9 Å². The van der Waals surface area contributed by atoms with Crippen molar-refractivity contribution in [2.75, 3.05) is 19.0 Å². The first-order valence-electron chi connectivity index (χ1n) is 7.30. The molecule has 6 heteroatoms. The highest BCUT2D eigenvalue weighted by molar-refractivity contribution is 9.10. The molecule has 1 amide bonds. The fourth-order valence-electron chi connectivity index (χ4n) is 2.03. The van der Waals surface area contributed by atoms with Crippen LogP contribution in [0.4, 0.5) is 5.69 Å². The maximum Gasteiger partial charge on any atom is 0.338 e. The van der Waals surface area contributed by atoms with Crippen LogP contribution in [0.1, 0.15) is 21.5 Å². The van der Waals surface area contributed by atoms with E-state index in [1.54, 1.807) is 37.4 Å². The van der Waals surface area contributed by atoms with E-state index in [9.17, 15) is 9.59 Å². The molecule has 0 heterocycles. The van der Waals surface area contributed by atoms with Crippen molar-refractivity contribution in [3.05, 3.63) is 63.6 Å². The third kappa shape index (κ3) is 5.18. The molecule has 0 aliphatic carbocycles. The number of amides is 1. The van der Waals surface area contributed by atoms with E-state index in [0.717, 1.165) is 15.6 Å². The van der Waals surface area contributed by atoms with E-state index in [4.69, 9.17) is 9.47 Å². The minimum atomic E-state index is -0.544. The zero-order chi connectivity index (χ0) is 17.5. The first kappa shape index (κ1) is 18.2. The van der Waals surface area contributed by atoms with E-state index < -0.39 is 11.9 Å². The van der Waals surface area contributed by atoms with Crippen molar-refractivity contribution < 1.29 is 19.1 Å². The van der Waals surface area contributed by atoms with Crippen molar-refractivity contribution in [3.8, 4) is 0 Å². The summed E-state index contributed by atoms with van der Waals surface area (Å²) in [5.41, 5.74) is 3.05. The van der Waals surface area contributed by atoms with E-state index in [0.29, 0.717) is 17.9 Å². The molecule has 2 rings (SSSR count). The Morgan fingerprint density at radius 3 is 2.46 bits per heavy atom. The highest BCUT2D eigenvalue weighted by atomic mass is 79.9. The summed E-state index contributed by atoms with van der Waals surface area (Å²) in [7, 11) is 1.60. The smallest absolute Gasteiger partial charge is 0.338 e. The molecular formula is C18H18BrNO4. The van der Waals surface area contributed by atoms with Gasteiger partial charge >= 0.3 is 5.97 Å². The van der Waals surface area contributed by atoms with Gasteiger partial charge in [0.2, 0.25) is 0 Å².